The minimum Gasteiger partial charge on any atom is -0.0571 e. The molecule has 0 bridgehead atoms. The zero-order chi connectivity index (χ0) is 8.18. The van der Waals surface area contributed by atoms with Gasteiger partial charge in [0.05, 0.1) is 0 Å². The lowest BCUT2D eigenvalue weighted by molar-refractivity contribution is 0.681. The van der Waals surface area contributed by atoms with E-state index >= 15 is 0 Å². The third-order valence-corrected chi connectivity index (χ3v) is 3.86. The van der Waals surface area contributed by atoms with Crippen molar-refractivity contribution in [1.29, 1.82) is 0 Å². The number of fused-ring (bicyclic) bond motifs is 2. The van der Waals surface area contributed by atoms with Gasteiger partial charge in [0, 0.05) is 4.47 Å². The molecule has 0 atom stereocenters. The Hall–Kier alpha value is -0.300. The second-order valence-electron chi connectivity index (χ2n) is 4.08. The molecule has 1 heteroatoms. The van der Waals surface area contributed by atoms with E-state index in [1.807, 2.05) is 0 Å². The quantitative estimate of drug-likeness (QED) is 0.632. The molecule has 1 spiro atoms. The van der Waals surface area contributed by atoms with Crippen LogP contribution in [0.2, 0.25) is 0 Å². The average Bonchev–Trinajstić information content (AvgIpc) is 2.73. The summed E-state index contributed by atoms with van der Waals surface area (Å²) in [6.45, 7) is 0. The van der Waals surface area contributed by atoms with Crippen LogP contribution in [0.15, 0.2) is 22.7 Å². The molecule has 0 N–H and O–H groups in total. The van der Waals surface area contributed by atoms with Gasteiger partial charge in [0.1, 0.15) is 0 Å². The highest BCUT2D eigenvalue weighted by atomic mass is 79.9. The van der Waals surface area contributed by atoms with Gasteiger partial charge < -0.3 is 0 Å². The topological polar surface area (TPSA) is 0 Å². The Morgan fingerprint density at radius 3 is 2.75 bits per heavy atom. The molecule has 0 amide bonds. The van der Waals surface area contributed by atoms with Gasteiger partial charge in [-0.3, -0.25) is 0 Å². The fourth-order valence-electron chi connectivity index (χ4n) is 2.47. The first-order chi connectivity index (χ1) is 5.80. The lowest BCUT2D eigenvalue weighted by atomic mass is 9.99. The lowest BCUT2D eigenvalue weighted by Gasteiger charge is -2.06. The molecule has 1 aromatic rings. The van der Waals surface area contributed by atoms with Crippen molar-refractivity contribution in [1.82, 2.24) is 0 Å². The zero-order valence-corrected chi connectivity index (χ0v) is 8.52. The van der Waals surface area contributed by atoms with Crippen LogP contribution in [0.4, 0.5) is 0 Å². The van der Waals surface area contributed by atoms with E-state index in [1.54, 1.807) is 11.1 Å². The van der Waals surface area contributed by atoms with Crippen LogP contribution in [0, 0.1) is 0 Å². The van der Waals surface area contributed by atoms with Crippen molar-refractivity contribution in [3.63, 3.8) is 0 Å². The van der Waals surface area contributed by atoms with Gasteiger partial charge in [0.25, 0.3) is 0 Å². The maximum Gasteiger partial charge on any atom is 0.0178 e. The Labute approximate surface area is 81.1 Å². The minimum atomic E-state index is 0.649. The maximum atomic E-state index is 3.52. The Balaban J connectivity index is 2.18. The number of aryl methyl sites for hydroxylation is 1. The largest absolute Gasteiger partial charge is 0.0571 e. The summed E-state index contributed by atoms with van der Waals surface area (Å²) in [6.07, 6.45) is 5.57. The van der Waals surface area contributed by atoms with Crippen LogP contribution in [0.5, 0.6) is 0 Å². The van der Waals surface area contributed by atoms with Crippen LogP contribution in [0.3, 0.4) is 0 Å². The van der Waals surface area contributed by atoms with E-state index in [1.165, 1.54) is 30.2 Å². The van der Waals surface area contributed by atoms with Crippen molar-refractivity contribution >= 4 is 15.9 Å². The van der Waals surface area contributed by atoms with E-state index in [2.05, 4.69) is 34.1 Å². The van der Waals surface area contributed by atoms with Crippen molar-refractivity contribution in [3.05, 3.63) is 33.8 Å². The van der Waals surface area contributed by atoms with Gasteiger partial charge in [-0.2, -0.15) is 0 Å². The standard InChI is InChI=1S/C11H11Br/c12-9-1-2-10-8(7-9)3-4-11(10)5-6-11/h1-2,7H,3-6H2. The summed E-state index contributed by atoms with van der Waals surface area (Å²) in [5.74, 6) is 0. The molecule has 0 nitrogen and oxygen atoms in total. The van der Waals surface area contributed by atoms with Crippen LogP contribution in [-0.2, 0) is 11.8 Å². The van der Waals surface area contributed by atoms with E-state index in [4.69, 9.17) is 0 Å². The molecule has 0 aromatic heterocycles. The second kappa shape index (κ2) is 2.14. The maximum absolute atomic E-state index is 3.52. The van der Waals surface area contributed by atoms with Gasteiger partial charge >= 0.3 is 0 Å². The Morgan fingerprint density at radius 2 is 2.00 bits per heavy atom. The highest BCUT2D eigenvalue weighted by Crippen LogP contribution is 2.56. The van der Waals surface area contributed by atoms with Gasteiger partial charge in [0.2, 0.25) is 0 Å². The first-order valence-electron chi connectivity index (χ1n) is 4.59. The van der Waals surface area contributed by atoms with Gasteiger partial charge in [-0.15, -0.1) is 0 Å². The molecule has 0 unspecified atom stereocenters. The number of benzene rings is 1. The van der Waals surface area contributed by atoms with Crippen molar-refractivity contribution in [3.8, 4) is 0 Å². The molecule has 0 heterocycles. The lowest BCUT2D eigenvalue weighted by Crippen LogP contribution is -1.98. The molecule has 3 rings (SSSR count). The molecular weight excluding hydrogens is 212 g/mol. The van der Waals surface area contributed by atoms with Crippen molar-refractivity contribution in [2.45, 2.75) is 31.1 Å². The Bertz CT molecular complexity index is 337. The third-order valence-electron chi connectivity index (χ3n) is 3.37. The van der Waals surface area contributed by atoms with Crippen molar-refractivity contribution < 1.29 is 0 Å². The van der Waals surface area contributed by atoms with Gasteiger partial charge in [-0.05, 0) is 54.4 Å². The fraction of sp³-hybridized carbons (Fsp3) is 0.455. The molecular formula is C11H11Br. The third kappa shape index (κ3) is 0.832. The molecule has 1 aromatic carbocycles. The van der Waals surface area contributed by atoms with E-state index in [-0.39, 0.29) is 0 Å². The van der Waals surface area contributed by atoms with Crippen LogP contribution in [-0.4, -0.2) is 0 Å². The molecule has 1 saturated carbocycles. The molecule has 0 saturated heterocycles. The number of hydrogen-bond donors (Lipinski definition) is 0. The minimum absolute atomic E-state index is 0.649. The Morgan fingerprint density at radius 1 is 1.17 bits per heavy atom. The first-order valence-corrected chi connectivity index (χ1v) is 5.38. The number of hydrogen-bond acceptors (Lipinski definition) is 0. The predicted octanol–water partition coefficient (Wildman–Crippen LogP) is 3.43. The van der Waals surface area contributed by atoms with Crippen LogP contribution < -0.4 is 0 Å². The first kappa shape index (κ1) is 7.14. The summed E-state index contributed by atoms with van der Waals surface area (Å²) < 4.78 is 1.24. The van der Waals surface area contributed by atoms with Crippen LogP contribution >= 0.6 is 15.9 Å². The normalized spacial score (nSPS) is 22.8. The van der Waals surface area contributed by atoms with E-state index in [0.717, 1.165) is 0 Å². The predicted molar refractivity (Wildman–Crippen MR) is 53.4 cm³/mol. The van der Waals surface area contributed by atoms with Gasteiger partial charge in [-0.25, -0.2) is 0 Å². The molecule has 0 aliphatic heterocycles. The number of rotatable bonds is 0. The summed E-state index contributed by atoms with van der Waals surface area (Å²) >= 11 is 3.52. The molecule has 2 aliphatic carbocycles. The molecule has 2 aliphatic rings. The smallest absolute Gasteiger partial charge is 0.0178 e. The molecule has 1 fully saturated rings. The summed E-state index contributed by atoms with van der Waals surface area (Å²) in [5, 5.41) is 0. The molecule has 12 heavy (non-hydrogen) atoms. The molecule has 62 valence electrons. The van der Waals surface area contributed by atoms with E-state index in [9.17, 15) is 0 Å². The highest BCUT2D eigenvalue weighted by Gasteiger charge is 2.48. The second-order valence-corrected chi connectivity index (χ2v) is 5.00. The summed E-state index contributed by atoms with van der Waals surface area (Å²) in [5.41, 5.74) is 3.88. The van der Waals surface area contributed by atoms with Gasteiger partial charge in [0.15, 0.2) is 0 Å². The van der Waals surface area contributed by atoms with E-state index in [0.29, 0.717) is 5.41 Å². The van der Waals surface area contributed by atoms with Crippen LogP contribution in [0.25, 0.3) is 0 Å². The SMILES string of the molecule is Brc1ccc2c(c1)CCC21CC1. The highest BCUT2D eigenvalue weighted by molar-refractivity contribution is 9.10. The average molecular weight is 223 g/mol. The zero-order valence-electron chi connectivity index (χ0n) is 6.94. The summed E-state index contributed by atoms with van der Waals surface area (Å²) in [4.78, 5) is 0. The monoisotopic (exact) mass is 222 g/mol. The number of halogens is 1. The summed E-state index contributed by atoms with van der Waals surface area (Å²) in [6, 6.07) is 6.80. The fourth-order valence-corrected chi connectivity index (χ4v) is 2.87. The summed E-state index contributed by atoms with van der Waals surface area (Å²) in [7, 11) is 0. The van der Waals surface area contributed by atoms with Crippen LogP contribution in [0.1, 0.15) is 30.4 Å². The molecule has 0 radical (unpaired) electrons. The van der Waals surface area contributed by atoms with Crippen molar-refractivity contribution in [2.24, 2.45) is 0 Å². The van der Waals surface area contributed by atoms with Gasteiger partial charge in [-0.1, -0.05) is 22.0 Å². The van der Waals surface area contributed by atoms with Crippen molar-refractivity contribution in [2.75, 3.05) is 0 Å². The van der Waals surface area contributed by atoms with E-state index < -0.39 is 0 Å². The Kier molecular flexibility index (Phi) is 1.27.